The van der Waals surface area contributed by atoms with Crippen LogP contribution in [-0.4, -0.2) is 63.0 Å². The summed E-state index contributed by atoms with van der Waals surface area (Å²) in [6, 6.07) is -2.88. The summed E-state index contributed by atoms with van der Waals surface area (Å²) in [5, 5.41) is 41.6. The minimum Gasteiger partial charge on any atom is -0.479 e. The molecule has 1 heterocycles. The Morgan fingerprint density at radius 1 is 1.07 bits per heavy atom. The van der Waals surface area contributed by atoms with Crippen LogP contribution in [0.5, 0.6) is 5.75 Å². The first kappa shape index (κ1) is 26.4. The number of benzene rings is 1. The topological polar surface area (TPSA) is 146 Å². The van der Waals surface area contributed by atoms with Gasteiger partial charge in [0, 0.05) is 11.8 Å². The number of carboxylic acid groups (broad SMARTS) is 1. The van der Waals surface area contributed by atoms with Crippen LogP contribution in [0.2, 0.25) is 0 Å². The molecule has 41 heavy (non-hydrogen) atoms. The Bertz CT molecular complexity index is 1450. The number of rotatable bonds is 9. The summed E-state index contributed by atoms with van der Waals surface area (Å²) in [4.78, 5) is 24.0. The van der Waals surface area contributed by atoms with E-state index in [2.05, 4.69) is 38.2 Å². The number of aliphatic hydroxyl groups is 3. The molecule has 3 rings (SSSR count). The Balaban J connectivity index is 1.73. The van der Waals surface area contributed by atoms with Gasteiger partial charge in [-0.3, -0.25) is 4.79 Å². The third-order valence-electron chi connectivity index (χ3n) is 7.03. The van der Waals surface area contributed by atoms with Crippen LogP contribution in [0.25, 0.3) is 0 Å². The van der Waals surface area contributed by atoms with E-state index in [1.807, 2.05) is 13.0 Å². The van der Waals surface area contributed by atoms with Gasteiger partial charge in [-0.25, -0.2) is 4.79 Å². The molecule has 5 N–H and O–H groups in total. The smallest absolute Gasteiger partial charge is 0.335 e. The predicted molar refractivity (Wildman–Crippen MR) is 156 cm³/mol. The van der Waals surface area contributed by atoms with Crippen LogP contribution in [0, 0.1) is 5.41 Å². The maximum atomic E-state index is 12.7. The number of hydrogen-bond acceptors (Lipinski definition) is 7. The molecule has 1 saturated heterocycles. The number of anilines is 1. The summed E-state index contributed by atoms with van der Waals surface area (Å²) in [5.74, 6) is -3.08. The molecule has 5 atom stereocenters. The van der Waals surface area contributed by atoms with Crippen molar-refractivity contribution in [2.45, 2.75) is 84.6 Å². The molecule has 0 radical (unpaired) electrons. The van der Waals surface area contributed by atoms with Gasteiger partial charge in [-0.1, -0.05) is 55.4 Å². The number of allylic oxidation sites excluding steroid dienone is 9. The fourth-order valence-electron chi connectivity index (χ4n) is 4.73. The number of carbonyl (C=O) groups excluding carboxylic acids is 1. The minimum atomic E-state index is -1.99. The van der Waals surface area contributed by atoms with Gasteiger partial charge in [0.25, 0.3) is 0 Å². The van der Waals surface area contributed by atoms with Crippen molar-refractivity contribution in [1.29, 1.82) is 0 Å². The maximum Gasteiger partial charge on any atom is 0.335 e. The zero-order chi connectivity index (χ0) is 33.8. The normalized spacial score (nSPS) is 28.7. The fourth-order valence-corrected chi connectivity index (χ4v) is 4.73. The lowest BCUT2D eigenvalue weighted by atomic mass is 9.72. The highest BCUT2D eigenvalue weighted by molar-refractivity contribution is 6.00. The molecule has 9 heteroatoms. The Morgan fingerprint density at radius 2 is 1.76 bits per heavy atom. The highest BCUT2D eigenvalue weighted by atomic mass is 16.7. The monoisotopic (exact) mass is 571 g/mol. The lowest BCUT2D eigenvalue weighted by molar-refractivity contribution is -0.271. The van der Waals surface area contributed by atoms with Gasteiger partial charge in [-0.15, -0.1) is 0 Å². The first-order chi connectivity index (χ1) is 21.0. The SMILES string of the molecule is [2H]c1c([2H])c(O[C@@H]2O[C@H](C(=O)O)[C@@H](O)[C@H](O)[C@H]2O)c([2H])c([2H])c1NC(=O)/C=C(C)/C=C/C=C(C)/C=C/C1=C(C)CCCC1(C)C. The summed E-state index contributed by atoms with van der Waals surface area (Å²) >= 11 is 0. The second kappa shape index (κ2) is 13.9. The Hall–Kier alpha value is -3.50. The third kappa shape index (κ3) is 8.74. The molecule has 1 aliphatic carbocycles. The van der Waals surface area contributed by atoms with Crippen molar-refractivity contribution in [1.82, 2.24) is 0 Å². The first-order valence-corrected chi connectivity index (χ1v) is 13.4. The summed E-state index contributed by atoms with van der Waals surface area (Å²) in [7, 11) is 0. The molecular formula is C32H41NO8. The molecule has 1 fully saturated rings. The average molecular weight is 572 g/mol. The molecule has 1 aromatic rings. The summed E-state index contributed by atoms with van der Waals surface area (Å²) in [5.41, 5.74) is 4.05. The number of aliphatic carboxylic acids is 1. The van der Waals surface area contributed by atoms with Crippen molar-refractivity contribution in [3.05, 3.63) is 82.9 Å². The number of ether oxygens (including phenoxy) is 2. The molecule has 2 aliphatic rings. The fraction of sp³-hybridized carbons (Fsp3) is 0.438. The van der Waals surface area contributed by atoms with Crippen LogP contribution in [-0.2, 0) is 14.3 Å². The average Bonchev–Trinajstić information content (AvgIpc) is 2.95. The summed E-state index contributed by atoms with van der Waals surface area (Å²) in [6.45, 7) is 10.4. The number of carboxylic acids is 1. The van der Waals surface area contributed by atoms with E-state index >= 15 is 0 Å². The summed E-state index contributed by atoms with van der Waals surface area (Å²) < 4.78 is 43.4. The largest absolute Gasteiger partial charge is 0.479 e. The van der Waals surface area contributed by atoms with Gasteiger partial charge in [0.15, 0.2) is 6.10 Å². The van der Waals surface area contributed by atoms with E-state index in [-0.39, 0.29) is 5.41 Å². The van der Waals surface area contributed by atoms with Gasteiger partial charge >= 0.3 is 5.97 Å². The van der Waals surface area contributed by atoms with E-state index in [1.54, 1.807) is 19.1 Å². The van der Waals surface area contributed by atoms with Crippen LogP contribution in [0.4, 0.5) is 5.69 Å². The van der Waals surface area contributed by atoms with E-state index in [0.717, 1.165) is 18.4 Å². The van der Waals surface area contributed by atoms with Crippen molar-refractivity contribution in [2.24, 2.45) is 5.41 Å². The van der Waals surface area contributed by atoms with E-state index in [0.29, 0.717) is 5.57 Å². The first-order valence-electron chi connectivity index (χ1n) is 15.4. The van der Waals surface area contributed by atoms with Crippen LogP contribution in [0.1, 0.15) is 59.4 Å². The van der Waals surface area contributed by atoms with E-state index in [1.165, 1.54) is 23.6 Å². The number of nitrogens with one attached hydrogen (secondary N) is 1. The van der Waals surface area contributed by atoms with E-state index < -0.39 is 78.2 Å². The van der Waals surface area contributed by atoms with Gasteiger partial charge in [0.1, 0.15) is 24.1 Å². The molecule has 0 unspecified atom stereocenters. The molecular weight excluding hydrogens is 526 g/mol. The molecule has 1 amide bonds. The molecule has 0 bridgehead atoms. The molecule has 9 nitrogen and oxygen atoms in total. The van der Waals surface area contributed by atoms with Gasteiger partial charge < -0.3 is 35.2 Å². The van der Waals surface area contributed by atoms with Crippen molar-refractivity contribution >= 4 is 17.6 Å². The number of carbonyl (C=O) groups is 2. The molecule has 0 aromatic heterocycles. The molecule has 1 aromatic carbocycles. The lowest BCUT2D eigenvalue weighted by Crippen LogP contribution is -2.61. The lowest BCUT2D eigenvalue weighted by Gasteiger charge is -2.38. The highest BCUT2D eigenvalue weighted by Gasteiger charge is 2.48. The summed E-state index contributed by atoms with van der Waals surface area (Å²) in [6.07, 6.45) is 4.45. The standard InChI is InChI=1S/C32H41NO8/c1-19(11-16-24-21(3)10-7-17-32(24,4)5)8-6-9-20(2)18-25(34)33-22-12-14-23(15-13-22)40-31-28(37)26(35)27(36)29(41-31)30(38)39/h6,8-9,11-16,18,26-29,31,35-37H,7,10,17H2,1-5H3,(H,33,34)(H,38,39)/b9-6+,16-11+,19-8+,20-18+/t26-,27-,28+,29-,31+/m0/s1/i12D,13D,14D,15D. The Labute approximate surface area is 246 Å². The zero-order valence-electron chi connectivity index (χ0n) is 27.9. The Kier molecular flexibility index (Phi) is 8.96. The van der Waals surface area contributed by atoms with Crippen molar-refractivity contribution in [2.75, 3.05) is 5.32 Å². The quantitative estimate of drug-likeness (QED) is 0.216. The second-order valence-electron chi connectivity index (χ2n) is 11.0. The number of hydrogen-bond donors (Lipinski definition) is 5. The van der Waals surface area contributed by atoms with Gasteiger partial charge in [0.2, 0.25) is 12.2 Å². The van der Waals surface area contributed by atoms with Gasteiger partial charge in [-0.05, 0) is 80.8 Å². The molecule has 1 aliphatic heterocycles. The zero-order valence-corrected chi connectivity index (χ0v) is 23.9. The highest BCUT2D eigenvalue weighted by Crippen LogP contribution is 2.40. The van der Waals surface area contributed by atoms with E-state index in [4.69, 9.17) is 15.0 Å². The minimum absolute atomic E-state index is 0.139. The van der Waals surface area contributed by atoms with Crippen molar-refractivity contribution in [3.63, 3.8) is 0 Å². The molecule has 222 valence electrons. The molecule has 0 spiro atoms. The third-order valence-corrected chi connectivity index (χ3v) is 7.03. The van der Waals surface area contributed by atoms with Gasteiger partial charge in [-0.2, -0.15) is 0 Å². The Morgan fingerprint density at radius 3 is 2.39 bits per heavy atom. The van der Waals surface area contributed by atoms with Crippen molar-refractivity contribution < 1.29 is 45.0 Å². The van der Waals surface area contributed by atoms with E-state index in [9.17, 15) is 30.0 Å². The number of aliphatic hydroxyl groups excluding tert-OH is 3. The van der Waals surface area contributed by atoms with Crippen molar-refractivity contribution in [3.8, 4) is 5.75 Å². The van der Waals surface area contributed by atoms with Gasteiger partial charge in [0.05, 0.1) is 5.48 Å². The second-order valence-corrected chi connectivity index (χ2v) is 11.0. The van der Waals surface area contributed by atoms with Crippen LogP contribution in [0.15, 0.2) is 82.9 Å². The number of amides is 1. The van der Waals surface area contributed by atoms with Crippen LogP contribution in [0.3, 0.4) is 0 Å². The van der Waals surface area contributed by atoms with Crippen LogP contribution < -0.4 is 10.1 Å². The van der Waals surface area contributed by atoms with Crippen LogP contribution >= 0.6 is 0 Å². The maximum absolute atomic E-state index is 12.7. The molecule has 0 saturated carbocycles. The predicted octanol–water partition coefficient (Wildman–Crippen LogP) is 4.43.